The molecule has 1 fully saturated rings. The summed E-state index contributed by atoms with van der Waals surface area (Å²) >= 11 is 0. The van der Waals surface area contributed by atoms with Crippen LogP contribution in [0, 0.1) is 11.8 Å². The van der Waals surface area contributed by atoms with Crippen molar-refractivity contribution in [2.24, 2.45) is 11.8 Å². The fourth-order valence-electron chi connectivity index (χ4n) is 3.50. The van der Waals surface area contributed by atoms with E-state index >= 15 is 0 Å². The van der Waals surface area contributed by atoms with Crippen LogP contribution in [-0.4, -0.2) is 20.8 Å². The Balaban J connectivity index is 1.92. The van der Waals surface area contributed by atoms with Crippen LogP contribution in [-0.2, 0) is 13.0 Å². The lowest BCUT2D eigenvalue weighted by atomic mass is 9.93. The second-order valence-corrected chi connectivity index (χ2v) is 6.14. The van der Waals surface area contributed by atoms with Crippen LogP contribution in [0.2, 0.25) is 0 Å². The summed E-state index contributed by atoms with van der Waals surface area (Å²) < 4.78 is 2.37. The molecule has 0 spiro atoms. The summed E-state index contributed by atoms with van der Waals surface area (Å²) in [7, 11) is 0. The lowest BCUT2D eigenvalue weighted by molar-refractivity contribution is 0.127. The van der Waals surface area contributed by atoms with Crippen molar-refractivity contribution >= 4 is 11.0 Å². The first-order valence-corrected chi connectivity index (χ1v) is 7.83. The Labute approximate surface area is 120 Å². The van der Waals surface area contributed by atoms with E-state index in [0.29, 0.717) is 11.8 Å². The van der Waals surface area contributed by atoms with E-state index in [1.165, 1.54) is 11.3 Å². The van der Waals surface area contributed by atoms with Crippen LogP contribution in [0.3, 0.4) is 0 Å². The predicted molar refractivity (Wildman–Crippen MR) is 81.6 cm³/mol. The summed E-state index contributed by atoms with van der Waals surface area (Å²) in [5.41, 5.74) is 2.35. The number of nitrogens with zero attached hydrogens (tertiary/aromatic N) is 2. The second kappa shape index (κ2) is 5.57. The molecule has 0 radical (unpaired) electrons. The van der Waals surface area contributed by atoms with Gasteiger partial charge in [0.1, 0.15) is 5.82 Å². The van der Waals surface area contributed by atoms with Gasteiger partial charge in [-0.05, 0) is 43.2 Å². The number of rotatable bonds is 4. The van der Waals surface area contributed by atoms with E-state index in [-0.39, 0.29) is 6.10 Å². The number of aliphatic hydroxyl groups excluding tert-OH is 1. The Bertz CT molecular complexity index is 590. The summed E-state index contributed by atoms with van der Waals surface area (Å²) in [4.78, 5) is 4.84. The first-order valence-electron chi connectivity index (χ1n) is 7.83. The second-order valence-electron chi connectivity index (χ2n) is 6.14. The Morgan fingerprint density at radius 1 is 1.30 bits per heavy atom. The molecule has 0 bridgehead atoms. The third kappa shape index (κ3) is 2.35. The van der Waals surface area contributed by atoms with Gasteiger partial charge in [-0.3, -0.25) is 0 Å². The molecule has 0 aliphatic heterocycles. The van der Waals surface area contributed by atoms with E-state index in [4.69, 9.17) is 4.98 Å². The molecule has 2 aromatic rings. The molecule has 1 aliphatic carbocycles. The van der Waals surface area contributed by atoms with Crippen molar-refractivity contribution in [3.05, 3.63) is 30.1 Å². The zero-order valence-electron chi connectivity index (χ0n) is 12.4. The van der Waals surface area contributed by atoms with Crippen LogP contribution in [0.4, 0.5) is 0 Å². The average molecular weight is 272 g/mol. The Morgan fingerprint density at radius 2 is 2.10 bits per heavy atom. The first-order chi connectivity index (χ1) is 9.70. The molecule has 1 saturated carbocycles. The highest BCUT2D eigenvalue weighted by Crippen LogP contribution is 2.34. The molecular formula is C17H24N2O. The molecule has 3 unspecified atom stereocenters. The Morgan fingerprint density at radius 3 is 2.80 bits per heavy atom. The van der Waals surface area contributed by atoms with E-state index in [0.717, 1.165) is 37.7 Å². The van der Waals surface area contributed by atoms with Crippen LogP contribution < -0.4 is 0 Å². The fraction of sp³-hybridized carbons (Fsp3) is 0.588. The van der Waals surface area contributed by atoms with Crippen molar-refractivity contribution in [2.45, 2.75) is 52.2 Å². The highest BCUT2D eigenvalue weighted by molar-refractivity contribution is 5.75. The van der Waals surface area contributed by atoms with Gasteiger partial charge in [-0.1, -0.05) is 26.0 Å². The van der Waals surface area contributed by atoms with E-state index < -0.39 is 0 Å². The van der Waals surface area contributed by atoms with E-state index in [1.54, 1.807) is 0 Å². The van der Waals surface area contributed by atoms with Crippen molar-refractivity contribution in [1.29, 1.82) is 0 Å². The highest BCUT2D eigenvalue weighted by Gasteiger charge is 2.32. The monoisotopic (exact) mass is 272 g/mol. The van der Waals surface area contributed by atoms with Gasteiger partial charge in [-0.2, -0.15) is 0 Å². The lowest BCUT2D eigenvalue weighted by Crippen LogP contribution is -2.18. The molecule has 3 heteroatoms. The topological polar surface area (TPSA) is 38.0 Å². The van der Waals surface area contributed by atoms with Crippen LogP contribution >= 0.6 is 0 Å². The van der Waals surface area contributed by atoms with Gasteiger partial charge in [0.15, 0.2) is 0 Å². The number of hydrogen-bond donors (Lipinski definition) is 1. The fourth-order valence-corrected chi connectivity index (χ4v) is 3.50. The summed E-state index contributed by atoms with van der Waals surface area (Å²) in [6.45, 7) is 5.41. The molecule has 108 valence electrons. The number of aromatic nitrogens is 2. The molecule has 1 heterocycles. The minimum Gasteiger partial charge on any atom is -0.393 e. The van der Waals surface area contributed by atoms with Crippen LogP contribution in [0.25, 0.3) is 11.0 Å². The number of aliphatic hydroxyl groups is 1. The molecule has 1 aromatic heterocycles. The van der Waals surface area contributed by atoms with Crippen molar-refractivity contribution in [3.63, 3.8) is 0 Å². The number of imidazole rings is 1. The molecular weight excluding hydrogens is 248 g/mol. The zero-order valence-corrected chi connectivity index (χ0v) is 12.4. The minimum atomic E-state index is -0.121. The molecule has 0 saturated heterocycles. The Hall–Kier alpha value is -1.35. The maximum absolute atomic E-state index is 9.93. The van der Waals surface area contributed by atoms with E-state index in [2.05, 4.69) is 42.7 Å². The molecule has 1 N–H and O–H groups in total. The van der Waals surface area contributed by atoms with Crippen LogP contribution in [0.5, 0.6) is 0 Å². The summed E-state index contributed by atoms with van der Waals surface area (Å²) in [6, 6.07) is 8.39. The number of fused-ring (bicyclic) bond motifs is 1. The van der Waals surface area contributed by atoms with Crippen molar-refractivity contribution in [1.82, 2.24) is 9.55 Å². The highest BCUT2D eigenvalue weighted by atomic mass is 16.3. The largest absolute Gasteiger partial charge is 0.393 e. The van der Waals surface area contributed by atoms with Gasteiger partial charge in [0, 0.05) is 13.0 Å². The average Bonchev–Trinajstić information content (AvgIpc) is 2.95. The quantitative estimate of drug-likeness (QED) is 0.926. The Kier molecular flexibility index (Phi) is 3.79. The third-order valence-electron chi connectivity index (χ3n) is 4.81. The van der Waals surface area contributed by atoms with Crippen molar-refractivity contribution in [3.8, 4) is 0 Å². The maximum atomic E-state index is 9.93. The first kappa shape index (κ1) is 13.6. The van der Waals surface area contributed by atoms with Crippen LogP contribution in [0.1, 0.15) is 38.9 Å². The van der Waals surface area contributed by atoms with Gasteiger partial charge in [-0.15, -0.1) is 0 Å². The van der Waals surface area contributed by atoms with Gasteiger partial charge in [0.05, 0.1) is 17.1 Å². The van der Waals surface area contributed by atoms with Gasteiger partial charge in [0.2, 0.25) is 0 Å². The molecule has 20 heavy (non-hydrogen) atoms. The standard InChI is InChI=1S/C17H24N2O/c1-3-10-19-15-7-5-4-6-14(15)18-17(19)11-13-8-9-16(20)12(13)2/h4-7,12-13,16,20H,3,8-11H2,1-2H3. The normalized spacial score (nSPS) is 26.4. The maximum Gasteiger partial charge on any atom is 0.110 e. The summed E-state index contributed by atoms with van der Waals surface area (Å²) in [5, 5.41) is 9.93. The SMILES string of the molecule is CCCn1c(CC2CCC(O)C2C)nc2ccccc21. The predicted octanol–water partition coefficient (Wildman–Crippen LogP) is 3.40. The molecule has 3 atom stereocenters. The molecule has 0 amide bonds. The van der Waals surface area contributed by atoms with Crippen molar-refractivity contribution < 1.29 is 5.11 Å². The van der Waals surface area contributed by atoms with Gasteiger partial charge >= 0.3 is 0 Å². The summed E-state index contributed by atoms with van der Waals surface area (Å²) in [5.74, 6) is 2.15. The smallest absolute Gasteiger partial charge is 0.110 e. The zero-order chi connectivity index (χ0) is 14.1. The lowest BCUT2D eigenvalue weighted by Gasteiger charge is -2.17. The van der Waals surface area contributed by atoms with Crippen molar-refractivity contribution in [2.75, 3.05) is 0 Å². The number of hydrogen-bond acceptors (Lipinski definition) is 2. The summed E-state index contributed by atoms with van der Waals surface area (Å²) in [6.07, 6.45) is 4.06. The molecule has 1 aliphatic rings. The van der Waals surface area contributed by atoms with E-state index in [9.17, 15) is 5.11 Å². The number of para-hydroxylation sites is 2. The minimum absolute atomic E-state index is 0.121. The van der Waals surface area contributed by atoms with Crippen LogP contribution in [0.15, 0.2) is 24.3 Å². The molecule has 3 rings (SSSR count). The van der Waals surface area contributed by atoms with Gasteiger partial charge < -0.3 is 9.67 Å². The van der Waals surface area contributed by atoms with E-state index in [1.807, 2.05) is 0 Å². The number of benzene rings is 1. The number of aryl methyl sites for hydroxylation is 1. The third-order valence-corrected chi connectivity index (χ3v) is 4.81. The van der Waals surface area contributed by atoms with Gasteiger partial charge in [-0.25, -0.2) is 4.98 Å². The van der Waals surface area contributed by atoms with Gasteiger partial charge in [0.25, 0.3) is 0 Å². The molecule has 3 nitrogen and oxygen atoms in total. The molecule has 1 aromatic carbocycles.